The number of nitrogens with one attached hydrogen (secondary N) is 1. The Hall–Kier alpha value is -1.84. The van der Waals surface area contributed by atoms with Gasteiger partial charge in [0.2, 0.25) is 0 Å². The van der Waals surface area contributed by atoms with Crippen molar-refractivity contribution in [1.82, 2.24) is 0 Å². The first-order valence-corrected chi connectivity index (χ1v) is 4.90. The van der Waals surface area contributed by atoms with E-state index in [2.05, 4.69) is 10.3 Å². The molecule has 0 spiro atoms. The van der Waals surface area contributed by atoms with Crippen molar-refractivity contribution in [3.8, 4) is 0 Å². The van der Waals surface area contributed by atoms with Crippen LogP contribution in [0.4, 0.5) is 5.69 Å². The number of carbonyl (C=O) groups is 1. The number of ether oxygens (including phenoxy) is 1. The van der Waals surface area contributed by atoms with Gasteiger partial charge in [0.15, 0.2) is 0 Å². The Balaban J connectivity index is 2.00. The molecule has 0 fully saturated rings. The maximum Gasteiger partial charge on any atom is 0.310 e. The second-order valence-electron chi connectivity index (χ2n) is 3.21. The Kier molecular flexibility index (Phi) is 2.97. The van der Waals surface area contributed by atoms with E-state index < -0.39 is 0 Å². The van der Waals surface area contributed by atoms with Crippen molar-refractivity contribution in [2.75, 3.05) is 18.5 Å². The Morgan fingerprint density at radius 2 is 2.13 bits per heavy atom. The summed E-state index contributed by atoms with van der Waals surface area (Å²) in [7, 11) is 0. The highest BCUT2D eigenvalue weighted by atomic mass is 16.5. The minimum absolute atomic E-state index is 0.185. The van der Waals surface area contributed by atoms with Gasteiger partial charge in [-0.15, -0.1) is 0 Å². The average Bonchev–Trinajstić information content (AvgIpc) is 2.31. The monoisotopic (exact) mass is 204 g/mol. The van der Waals surface area contributed by atoms with Crippen LogP contribution in [0.5, 0.6) is 0 Å². The molecule has 0 radical (unpaired) electrons. The van der Waals surface area contributed by atoms with Gasteiger partial charge in [-0.3, -0.25) is 4.79 Å². The molecule has 1 aromatic carbocycles. The zero-order valence-electron chi connectivity index (χ0n) is 8.27. The SMILES string of the molecule is O=C(Nc1ccccc1)C1=NCCCO1. The van der Waals surface area contributed by atoms with E-state index in [4.69, 9.17) is 4.74 Å². The molecule has 78 valence electrons. The summed E-state index contributed by atoms with van der Waals surface area (Å²) in [5, 5.41) is 2.72. The minimum Gasteiger partial charge on any atom is -0.474 e. The van der Waals surface area contributed by atoms with Crippen molar-refractivity contribution in [1.29, 1.82) is 0 Å². The van der Waals surface area contributed by atoms with E-state index in [9.17, 15) is 4.79 Å². The van der Waals surface area contributed by atoms with Crippen molar-refractivity contribution in [3.05, 3.63) is 30.3 Å². The smallest absolute Gasteiger partial charge is 0.310 e. The molecular weight excluding hydrogens is 192 g/mol. The van der Waals surface area contributed by atoms with E-state index in [1.807, 2.05) is 30.3 Å². The summed E-state index contributed by atoms with van der Waals surface area (Å²) < 4.78 is 5.15. The van der Waals surface area contributed by atoms with Gasteiger partial charge in [0.05, 0.1) is 6.61 Å². The lowest BCUT2D eigenvalue weighted by atomic mass is 10.3. The summed E-state index contributed by atoms with van der Waals surface area (Å²) in [4.78, 5) is 15.6. The average molecular weight is 204 g/mol. The summed E-state index contributed by atoms with van der Waals surface area (Å²) >= 11 is 0. The van der Waals surface area contributed by atoms with Crippen molar-refractivity contribution in [3.63, 3.8) is 0 Å². The van der Waals surface area contributed by atoms with E-state index in [0.717, 1.165) is 12.1 Å². The lowest BCUT2D eigenvalue weighted by molar-refractivity contribution is -0.111. The molecule has 0 unspecified atom stereocenters. The van der Waals surface area contributed by atoms with E-state index >= 15 is 0 Å². The molecular formula is C11H12N2O2. The topological polar surface area (TPSA) is 50.7 Å². The van der Waals surface area contributed by atoms with Crippen LogP contribution < -0.4 is 5.32 Å². The van der Waals surface area contributed by atoms with E-state index in [1.54, 1.807) is 0 Å². The minimum atomic E-state index is -0.277. The van der Waals surface area contributed by atoms with Gasteiger partial charge in [-0.1, -0.05) is 18.2 Å². The maximum atomic E-state index is 11.6. The standard InChI is InChI=1S/C11H12N2O2/c14-10(11-12-7-4-8-15-11)13-9-5-2-1-3-6-9/h1-3,5-6H,4,7-8H2,(H,13,14). The Labute approximate surface area is 88.0 Å². The van der Waals surface area contributed by atoms with Crippen LogP contribution in [0.1, 0.15) is 6.42 Å². The lowest BCUT2D eigenvalue weighted by Gasteiger charge is -2.13. The van der Waals surface area contributed by atoms with Crippen LogP contribution in [0, 0.1) is 0 Å². The van der Waals surface area contributed by atoms with Crippen LogP contribution in [0.2, 0.25) is 0 Å². The Bertz CT molecular complexity index is 373. The quantitative estimate of drug-likeness (QED) is 0.792. The molecule has 2 rings (SSSR count). The van der Waals surface area contributed by atoms with Gasteiger partial charge in [-0.2, -0.15) is 0 Å². The predicted octanol–water partition coefficient (Wildman–Crippen LogP) is 1.44. The summed E-state index contributed by atoms with van der Waals surface area (Å²) in [6.45, 7) is 1.23. The number of nitrogens with zero attached hydrogens (tertiary/aromatic N) is 1. The highest BCUT2D eigenvalue weighted by Crippen LogP contribution is 2.06. The van der Waals surface area contributed by atoms with E-state index in [0.29, 0.717) is 13.2 Å². The molecule has 0 atom stereocenters. The summed E-state index contributed by atoms with van der Waals surface area (Å²) in [6.07, 6.45) is 0.877. The van der Waals surface area contributed by atoms with Gasteiger partial charge in [-0.25, -0.2) is 4.99 Å². The lowest BCUT2D eigenvalue weighted by Crippen LogP contribution is -2.28. The largest absolute Gasteiger partial charge is 0.474 e. The van der Waals surface area contributed by atoms with Crippen LogP contribution in [-0.4, -0.2) is 25.0 Å². The second kappa shape index (κ2) is 4.59. The Morgan fingerprint density at radius 3 is 2.80 bits per heavy atom. The molecule has 1 aliphatic rings. The number of hydrogen-bond donors (Lipinski definition) is 1. The number of carbonyl (C=O) groups excluding carboxylic acids is 1. The van der Waals surface area contributed by atoms with Crippen LogP contribution in [0.3, 0.4) is 0 Å². The molecule has 0 aliphatic carbocycles. The Morgan fingerprint density at radius 1 is 1.33 bits per heavy atom. The maximum absolute atomic E-state index is 11.6. The van der Waals surface area contributed by atoms with Crippen molar-refractivity contribution < 1.29 is 9.53 Å². The summed E-state index contributed by atoms with van der Waals surface area (Å²) in [6, 6.07) is 9.26. The fraction of sp³-hybridized carbons (Fsp3) is 0.273. The van der Waals surface area contributed by atoms with Crippen molar-refractivity contribution >= 4 is 17.5 Å². The second-order valence-corrected chi connectivity index (χ2v) is 3.21. The number of amides is 1. The highest BCUT2D eigenvalue weighted by Gasteiger charge is 2.15. The molecule has 1 heterocycles. The number of benzene rings is 1. The van der Waals surface area contributed by atoms with Gasteiger partial charge in [0.25, 0.3) is 5.90 Å². The molecule has 0 aromatic heterocycles. The van der Waals surface area contributed by atoms with Gasteiger partial charge in [0, 0.05) is 18.7 Å². The number of aliphatic imine (C=N–C) groups is 1. The molecule has 0 saturated heterocycles. The van der Waals surface area contributed by atoms with E-state index in [-0.39, 0.29) is 11.8 Å². The molecule has 1 amide bonds. The van der Waals surface area contributed by atoms with Crippen LogP contribution >= 0.6 is 0 Å². The van der Waals surface area contributed by atoms with Gasteiger partial charge >= 0.3 is 5.91 Å². The number of anilines is 1. The zero-order chi connectivity index (χ0) is 10.5. The molecule has 0 bridgehead atoms. The van der Waals surface area contributed by atoms with Gasteiger partial charge in [0.1, 0.15) is 0 Å². The predicted molar refractivity (Wildman–Crippen MR) is 57.9 cm³/mol. The third-order valence-corrected chi connectivity index (χ3v) is 2.02. The molecule has 15 heavy (non-hydrogen) atoms. The van der Waals surface area contributed by atoms with Gasteiger partial charge < -0.3 is 10.1 Å². The van der Waals surface area contributed by atoms with Crippen LogP contribution in [-0.2, 0) is 9.53 Å². The molecule has 1 aliphatic heterocycles. The molecule has 1 aromatic rings. The third kappa shape index (κ3) is 2.56. The first kappa shape index (κ1) is 9.71. The van der Waals surface area contributed by atoms with Crippen LogP contribution in [0.15, 0.2) is 35.3 Å². The summed E-state index contributed by atoms with van der Waals surface area (Å²) in [5.74, 6) is -0.0917. The van der Waals surface area contributed by atoms with Gasteiger partial charge in [-0.05, 0) is 12.1 Å². The zero-order valence-corrected chi connectivity index (χ0v) is 8.27. The fourth-order valence-electron chi connectivity index (χ4n) is 1.30. The van der Waals surface area contributed by atoms with E-state index in [1.165, 1.54) is 0 Å². The van der Waals surface area contributed by atoms with Crippen molar-refractivity contribution in [2.24, 2.45) is 4.99 Å². The fourth-order valence-corrected chi connectivity index (χ4v) is 1.30. The normalized spacial score (nSPS) is 15.1. The molecule has 0 saturated carbocycles. The van der Waals surface area contributed by atoms with Crippen molar-refractivity contribution in [2.45, 2.75) is 6.42 Å². The highest BCUT2D eigenvalue weighted by molar-refractivity contribution is 6.39. The third-order valence-electron chi connectivity index (χ3n) is 2.02. The number of rotatable bonds is 2. The summed E-state index contributed by atoms with van der Waals surface area (Å²) in [5.41, 5.74) is 0.749. The first-order chi connectivity index (χ1) is 7.36. The number of hydrogen-bond acceptors (Lipinski definition) is 3. The molecule has 4 nitrogen and oxygen atoms in total. The number of para-hydroxylation sites is 1. The van der Waals surface area contributed by atoms with Crippen LogP contribution in [0.25, 0.3) is 0 Å². The molecule has 1 N–H and O–H groups in total. The first-order valence-electron chi connectivity index (χ1n) is 4.90. The molecule has 4 heteroatoms.